The lowest BCUT2D eigenvalue weighted by atomic mass is 10.0. The Morgan fingerprint density at radius 1 is 0.957 bits per heavy atom. The van der Waals surface area contributed by atoms with Crippen molar-refractivity contribution in [2.45, 2.75) is 27.7 Å². The van der Waals surface area contributed by atoms with Gasteiger partial charge in [-0.25, -0.2) is 0 Å². The van der Waals surface area contributed by atoms with Gasteiger partial charge in [-0.2, -0.15) is 0 Å². The Bertz CT molecular complexity index is 737. The molecular weight excluding hydrogens is 286 g/mol. The minimum Gasteiger partial charge on any atom is -0.497 e. The van der Waals surface area contributed by atoms with Gasteiger partial charge in [-0.3, -0.25) is 4.79 Å². The molecule has 3 nitrogen and oxygen atoms in total. The summed E-state index contributed by atoms with van der Waals surface area (Å²) in [6.07, 6.45) is 3.41. The molecule has 0 unspecified atom stereocenters. The second kappa shape index (κ2) is 7.14. The molecule has 0 aliphatic carbocycles. The highest BCUT2D eigenvalue weighted by Gasteiger charge is 2.04. The Balaban J connectivity index is 2.13. The summed E-state index contributed by atoms with van der Waals surface area (Å²) in [5, 5.41) is 2.89. The first-order valence-corrected chi connectivity index (χ1v) is 7.62. The van der Waals surface area contributed by atoms with E-state index < -0.39 is 0 Å². The average molecular weight is 309 g/mol. The number of ether oxygens (including phenoxy) is 1. The van der Waals surface area contributed by atoms with Gasteiger partial charge in [0.05, 0.1) is 7.11 Å². The van der Waals surface area contributed by atoms with Crippen LogP contribution in [0.5, 0.6) is 5.75 Å². The van der Waals surface area contributed by atoms with Gasteiger partial charge in [0.15, 0.2) is 0 Å². The van der Waals surface area contributed by atoms with E-state index in [9.17, 15) is 4.79 Å². The zero-order valence-corrected chi connectivity index (χ0v) is 14.4. The molecule has 0 fully saturated rings. The molecule has 1 amide bonds. The minimum atomic E-state index is -0.136. The van der Waals surface area contributed by atoms with Crippen molar-refractivity contribution in [3.05, 3.63) is 64.2 Å². The summed E-state index contributed by atoms with van der Waals surface area (Å²) in [6.45, 7) is 8.10. The summed E-state index contributed by atoms with van der Waals surface area (Å²) >= 11 is 0. The van der Waals surface area contributed by atoms with Gasteiger partial charge in [-0.1, -0.05) is 6.07 Å². The lowest BCUT2D eigenvalue weighted by Gasteiger charge is -2.09. The highest BCUT2D eigenvalue weighted by atomic mass is 16.5. The molecular formula is C20H23NO2. The highest BCUT2D eigenvalue weighted by molar-refractivity contribution is 6.02. The Labute approximate surface area is 138 Å². The van der Waals surface area contributed by atoms with Gasteiger partial charge in [-0.15, -0.1) is 0 Å². The maximum absolute atomic E-state index is 12.1. The Morgan fingerprint density at radius 2 is 1.61 bits per heavy atom. The lowest BCUT2D eigenvalue weighted by Crippen LogP contribution is -2.08. The molecule has 2 rings (SSSR count). The van der Waals surface area contributed by atoms with Crippen LogP contribution in [0.15, 0.2) is 36.4 Å². The van der Waals surface area contributed by atoms with Crippen molar-refractivity contribution in [3.63, 3.8) is 0 Å². The van der Waals surface area contributed by atoms with Crippen LogP contribution in [-0.2, 0) is 4.79 Å². The SMILES string of the molecule is COc1cc(C)c(/C=C/C(=O)Nc2ccc(C)c(C)c2)c(C)c1. The molecule has 120 valence electrons. The summed E-state index contributed by atoms with van der Waals surface area (Å²) < 4.78 is 5.25. The van der Waals surface area contributed by atoms with Crippen LogP contribution in [0.2, 0.25) is 0 Å². The number of amides is 1. The molecule has 0 bridgehead atoms. The fraction of sp³-hybridized carbons (Fsp3) is 0.250. The van der Waals surface area contributed by atoms with Crippen LogP contribution in [0.4, 0.5) is 5.69 Å². The van der Waals surface area contributed by atoms with Gasteiger partial charge < -0.3 is 10.1 Å². The topological polar surface area (TPSA) is 38.3 Å². The Kier molecular flexibility index (Phi) is 5.22. The molecule has 0 aliphatic heterocycles. The van der Waals surface area contributed by atoms with Crippen molar-refractivity contribution in [2.24, 2.45) is 0 Å². The van der Waals surface area contributed by atoms with E-state index >= 15 is 0 Å². The van der Waals surface area contributed by atoms with Crippen LogP contribution in [-0.4, -0.2) is 13.0 Å². The summed E-state index contributed by atoms with van der Waals surface area (Å²) in [6, 6.07) is 9.83. The molecule has 0 saturated heterocycles. The predicted octanol–water partition coefficient (Wildman–Crippen LogP) is 4.58. The molecule has 0 saturated carbocycles. The standard InChI is InChI=1S/C20H23NO2/c1-13-6-7-17(10-14(13)2)21-20(22)9-8-19-15(3)11-18(23-5)12-16(19)4/h6-12H,1-5H3,(H,21,22)/b9-8+. The molecule has 2 aromatic carbocycles. The maximum atomic E-state index is 12.1. The quantitative estimate of drug-likeness (QED) is 0.839. The third kappa shape index (κ3) is 4.22. The lowest BCUT2D eigenvalue weighted by molar-refractivity contribution is -0.111. The van der Waals surface area contributed by atoms with E-state index in [4.69, 9.17) is 4.74 Å². The number of benzene rings is 2. The van der Waals surface area contributed by atoms with E-state index in [2.05, 4.69) is 12.2 Å². The fourth-order valence-electron chi connectivity index (χ4n) is 2.48. The minimum absolute atomic E-state index is 0.136. The molecule has 0 aliphatic rings. The number of anilines is 1. The molecule has 3 heteroatoms. The van der Waals surface area contributed by atoms with Crippen LogP contribution >= 0.6 is 0 Å². The van der Waals surface area contributed by atoms with Gasteiger partial charge in [0.2, 0.25) is 5.91 Å². The van der Waals surface area contributed by atoms with Crippen LogP contribution in [0, 0.1) is 27.7 Å². The van der Waals surface area contributed by atoms with Gasteiger partial charge in [0.1, 0.15) is 5.75 Å². The van der Waals surface area contributed by atoms with E-state index in [1.807, 2.05) is 57.2 Å². The number of hydrogen-bond donors (Lipinski definition) is 1. The van der Waals surface area contributed by atoms with Gasteiger partial charge >= 0.3 is 0 Å². The van der Waals surface area contributed by atoms with Crippen molar-refractivity contribution >= 4 is 17.7 Å². The highest BCUT2D eigenvalue weighted by Crippen LogP contribution is 2.23. The van der Waals surface area contributed by atoms with E-state index in [-0.39, 0.29) is 5.91 Å². The van der Waals surface area contributed by atoms with Crippen molar-refractivity contribution in [2.75, 3.05) is 12.4 Å². The monoisotopic (exact) mass is 309 g/mol. The first-order valence-electron chi connectivity index (χ1n) is 7.62. The molecule has 0 radical (unpaired) electrons. The average Bonchev–Trinajstić information content (AvgIpc) is 2.50. The molecule has 0 aromatic heterocycles. The first-order chi connectivity index (χ1) is 10.9. The number of carbonyl (C=O) groups excluding carboxylic acids is 1. The zero-order valence-electron chi connectivity index (χ0n) is 14.4. The molecule has 2 aromatic rings. The third-order valence-electron chi connectivity index (χ3n) is 3.98. The van der Waals surface area contributed by atoms with Crippen molar-refractivity contribution in [1.29, 1.82) is 0 Å². The van der Waals surface area contributed by atoms with E-state index in [1.54, 1.807) is 13.2 Å². The Hall–Kier alpha value is -2.55. The van der Waals surface area contributed by atoms with Crippen molar-refractivity contribution < 1.29 is 9.53 Å². The van der Waals surface area contributed by atoms with Crippen molar-refractivity contribution in [3.8, 4) is 5.75 Å². The Morgan fingerprint density at radius 3 is 2.17 bits per heavy atom. The zero-order chi connectivity index (χ0) is 17.0. The molecule has 0 atom stereocenters. The number of rotatable bonds is 4. The predicted molar refractivity (Wildman–Crippen MR) is 96.0 cm³/mol. The largest absolute Gasteiger partial charge is 0.497 e. The van der Waals surface area contributed by atoms with Crippen LogP contribution in [0.1, 0.15) is 27.8 Å². The summed E-state index contributed by atoms with van der Waals surface area (Å²) in [5.41, 5.74) is 6.39. The number of aryl methyl sites for hydroxylation is 4. The molecule has 1 N–H and O–H groups in total. The number of methoxy groups -OCH3 is 1. The summed E-state index contributed by atoms with van der Waals surface area (Å²) in [7, 11) is 1.65. The summed E-state index contributed by atoms with van der Waals surface area (Å²) in [4.78, 5) is 12.1. The first kappa shape index (κ1) is 16.8. The normalized spacial score (nSPS) is 10.8. The van der Waals surface area contributed by atoms with Crippen LogP contribution in [0.25, 0.3) is 6.08 Å². The van der Waals surface area contributed by atoms with E-state index in [0.29, 0.717) is 0 Å². The maximum Gasteiger partial charge on any atom is 0.248 e. The number of carbonyl (C=O) groups is 1. The molecule has 0 spiro atoms. The van der Waals surface area contributed by atoms with Gasteiger partial charge in [-0.05, 0) is 85.9 Å². The van der Waals surface area contributed by atoms with Crippen LogP contribution < -0.4 is 10.1 Å². The third-order valence-corrected chi connectivity index (χ3v) is 3.98. The van der Waals surface area contributed by atoms with Gasteiger partial charge in [0, 0.05) is 11.8 Å². The second-order valence-electron chi connectivity index (χ2n) is 5.80. The van der Waals surface area contributed by atoms with E-state index in [0.717, 1.165) is 33.7 Å². The van der Waals surface area contributed by atoms with Gasteiger partial charge in [0.25, 0.3) is 0 Å². The summed E-state index contributed by atoms with van der Waals surface area (Å²) in [5.74, 6) is 0.694. The van der Waals surface area contributed by atoms with Crippen LogP contribution in [0.3, 0.4) is 0 Å². The molecule has 23 heavy (non-hydrogen) atoms. The smallest absolute Gasteiger partial charge is 0.248 e. The fourth-order valence-corrected chi connectivity index (χ4v) is 2.48. The number of hydrogen-bond acceptors (Lipinski definition) is 2. The van der Waals surface area contributed by atoms with Crippen molar-refractivity contribution in [1.82, 2.24) is 0 Å². The number of nitrogens with one attached hydrogen (secondary N) is 1. The van der Waals surface area contributed by atoms with E-state index in [1.165, 1.54) is 5.56 Å². The molecule has 0 heterocycles. The second-order valence-corrected chi connectivity index (χ2v) is 5.80.